The largest absolute Gasteiger partial charge is 0.293 e. The van der Waals surface area contributed by atoms with Crippen molar-refractivity contribution in [1.82, 2.24) is 15.2 Å². The molecular weight excluding hydrogens is 204 g/mol. The van der Waals surface area contributed by atoms with Crippen LogP contribution in [0.5, 0.6) is 0 Å². The van der Waals surface area contributed by atoms with Gasteiger partial charge in [0.05, 0.1) is 0 Å². The maximum absolute atomic E-state index is 11.7. The summed E-state index contributed by atoms with van der Waals surface area (Å²) in [5, 5.41) is 9.30. The van der Waals surface area contributed by atoms with Crippen molar-refractivity contribution in [3.05, 3.63) is 5.82 Å². The minimum Gasteiger partial charge on any atom is -0.293 e. The lowest BCUT2D eigenvalue weighted by molar-refractivity contribution is -0.117. The first-order valence-electron chi connectivity index (χ1n) is 5.93. The zero-order valence-electron chi connectivity index (χ0n) is 9.62. The zero-order chi connectivity index (χ0) is 11.4. The fraction of sp³-hybridized carbons (Fsp3) is 0.727. The molecule has 1 fully saturated rings. The van der Waals surface area contributed by atoms with Gasteiger partial charge in [0.2, 0.25) is 11.9 Å². The van der Waals surface area contributed by atoms with Crippen molar-refractivity contribution >= 4 is 11.9 Å². The number of aromatic nitrogens is 3. The highest BCUT2D eigenvalue weighted by Gasteiger charge is 2.17. The normalized spacial score (nSPS) is 17.3. The Kier molecular flexibility index (Phi) is 3.54. The zero-order valence-corrected chi connectivity index (χ0v) is 9.62. The molecule has 0 saturated heterocycles. The summed E-state index contributed by atoms with van der Waals surface area (Å²) in [6.07, 6.45) is 6.81. The van der Waals surface area contributed by atoms with Crippen LogP contribution >= 0.6 is 0 Å². The summed E-state index contributed by atoms with van der Waals surface area (Å²) in [6, 6.07) is 0. The Hall–Kier alpha value is -1.39. The van der Waals surface area contributed by atoms with Gasteiger partial charge >= 0.3 is 0 Å². The Morgan fingerprint density at radius 3 is 2.81 bits per heavy atom. The molecule has 88 valence electrons. The first-order chi connectivity index (χ1) is 7.74. The molecule has 1 saturated carbocycles. The highest BCUT2D eigenvalue weighted by molar-refractivity contribution is 5.89. The average molecular weight is 222 g/mol. The van der Waals surface area contributed by atoms with Gasteiger partial charge in [-0.2, -0.15) is 4.98 Å². The Labute approximate surface area is 95.0 Å². The van der Waals surface area contributed by atoms with E-state index in [-0.39, 0.29) is 5.91 Å². The number of nitrogens with one attached hydrogen (secondary N) is 2. The number of rotatable bonds is 3. The molecule has 1 aliphatic carbocycles. The maximum atomic E-state index is 11.7. The van der Waals surface area contributed by atoms with Crippen molar-refractivity contribution in [2.75, 3.05) is 5.32 Å². The van der Waals surface area contributed by atoms with Crippen molar-refractivity contribution in [3.63, 3.8) is 0 Å². The van der Waals surface area contributed by atoms with Crippen molar-refractivity contribution < 1.29 is 4.79 Å². The summed E-state index contributed by atoms with van der Waals surface area (Å²) < 4.78 is 0. The van der Waals surface area contributed by atoms with Crippen LogP contribution in [0.4, 0.5) is 5.95 Å². The first-order valence-corrected chi connectivity index (χ1v) is 5.93. The van der Waals surface area contributed by atoms with E-state index in [1.165, 1.54) is 32.1 Å². The van der Waals surface area contributed by atoms with Crippen molar-refractivity contribution in [3.8, 4) is 0 Å². The quantitative estimate of drug-likeness (QED) is 0.822. The smallest absolute Gasteiger partial charge is 0.248 e. The fourth-order valence-corrected chi connectivity index (χ4v) is 2.23. The van der Waals surface area contributed by atoms with Crippen LogP contribution in [0.3, 0.4) is 0 Å². The van der Waals surface area contributed by atoms with E-state index in [0.29, 0.717) is 24.1 Å². The van der Waals surface area contributed by atoms with Gasteiger partial charge in [-0.15, -0.1) is 5.10 Å². The van der Waals surface area contributed by atoms with E-state index in [4.69, 9.17) is 0 Å². The van der Waals surface area contributed by atoms with Gasteiger partial charge in [0.15, 0.2) is 0 Å². The molecule has 0 unspecified atom stereocenters. The molecule has 0 aliphatic heterocycles. The number of anilines is 1. The standard InChI is InChI=1S/C11H18N4O/c1-8-12-11(15-14-8)13-10(16)7-9-5-3-2-4-6-9/h9H,2-7H2,1H3,(H2,12,13,14,15,16). The lowest BCUT2D eigenvalue weighted by atomic mass is 9.87. The second-order valence-electron chi connectivity index (χ2n) is 4.50. The predicted molar refractivity (Wildman–Crippen MR) is 60.9 cm³/mol. The van der Waals surface area contributed by atoms with Crippen LogP contribution in [-0.4, -0.2) is 21.1 Å². The van der Waals surface area contributed by atoms with Crippen LogP contribution in [0, 0.1) is 12.8 Å². The van der Waals surface area contributed by atoms with E-state index < -0.39 is 0 Å². The van der Waals surface area contributed by atoms with Gasteiger partial charge in [-0.3, -0.25) is 15.2 Å². The van der Waals surface area contributed by atoms with Crippen LogP contribution < -0.4 is 5.32 Å². The number of H-pyrrole nitrogens is 1. The highest BCUT2D eigenvalue weighted by Crippen LogP contribution is 2.26. The molecule has 1 heterocycles. The van der Waals surface area contributed by atoms with Crippen LogP contribution in [0.1, 0.15) is 44.3 Å². The molecular formula is C11H18N4O. The lowest BCUT2D eigenvalue weighted by Crippen LogP contribution is -2.18. The van der Waals surface area contributed by atoms with Gasteiger partial charge in [0.25, 0.3) is 0 Å². The van der Waals surface area contributed by atoms with E-state index in [9.17, 15) is 4.79 Å². The highest BCUT2D eigenvalue weighted by atomic mass is 16.1. The molecule has 0 spiro atoms. The van der Waals surface area contributed by atoms with Gasteiger partial charge in [0.1, 0.15) is 5.82 Å². The fourth-order valence-electron chi connectivity index (χ4n) is 2.23. The summed E-state index contributed by atoms with van der Waals surface area (Å²) >= 11 is 0. The van der Waals surface area contributed by atoms with Gasteiger partial charge in [-0.05, 0) is 25.7 Å². The molecule has 1 aliphatic rings. The molecule has 2 N–H and O–H groups in total. The third kappa shape index (κ3) is 3.05. The molecule has 0 bridgehead atoms. The number of nitrogens with zero attached hydrogens (tertiary/aromatic N) is 2. The molecule has 1 aromatic rings. The summed E-state index contributed by atoms with van der Waals surface area (Å²) in [7, 11) is 0. The van der Waals surface area contributed by atoms with Crippen LogP contribution in [-0.2, 0) is 4.79 Å². The minimum atomic E-state index is 0.0332. The van der Waals surface area contributed by atoms with E-state index in [1.807, 2.05) is 6.92 Å². The van der Waals surface area contributed by atoms with Gasteiger partial charge in [-0.1, -0.05) is 19.3 Å². The molecule has 0 atom stereocenters. The predicted octanol–water partition coefficient (Wildman–Crippen LogP) is 2.02. The molecule has 1 aromatic heterocycles. The third-order valence-electron chi connectivity index (χ3n) is 3.05. The number of aryl methyl sites for hydroxylation is 1. The van der Waals surface area contributed by atoms with E-state index in [0.717, 1.165) is 0 Å². The Bertz CT molecular complexity index is 355. The van der Waals surface area contributed by atoms with Gasteiger partial charge < -0.3 is 0 Å². The monoisotopic (exact) mass is 222 g/mol. The van der Waals surface area contributed by atoms with Crippen LogP contribution in [0.25, 0.3) is 0 Å². The maximum Gasteiger partial charge on any atom is 0.248 e. The summed E-state index contributed by atoms with van der Waals surface area (Å²) in [5.41, 5.74) is 0. The molecule has 2 rings (SSSR count). The average Bonchev–Trinajstić information content (AvgIpc) is 2.65. The number of amides is 1. The first kappa shape index (κ1) is 11.1. The van der Waals surface area contributed by atoms with Gasteiger partial charge in [-0.25, -0.2) is 0 Å². The molecule has 5 heteroatoms. The van der Waals surface area contributed by atoms with E-state index in [1.54, 1.807) is 0 Å². The lowest BCUT2D eigenvalue weighted by Gasteiger charge is -2.20. The van der Waals surface area contributed by atoms with Crippen LogP contribution in [0.2, 0.25) is 0 Å². The SMILES string of the molecule is Cc1nc(NC(=O)CC2CCCCC2)n[nH]1. The second kappa shape index (κ2) is 5.09. The Balaban J connectivity index is 1.79. The summed E-state index contributed by atoms with van der Waals surface area (Å²) in [6.45, 7) is 1.81. The summed E-state index contributed by atoms with van der Waals surface area (Å²) in [5.74, 6) is 1.69. The number of aromatic amines is 1. The molecule has 0 aromatic carbocycles. The molecule has 5 nitrogen and oxygen atoms in total. The summed E-state index contributed by atoms with van der Waals surface area (Å²) in [4.78, 5) is 15.7. The van der Waals surface area contributed by atoms with Crippen LogP contribution in [0.15, 0.2) is 0 Å². The second-order valence-corrected chi connectivity index (χ2v) is 4.50. The number of carbonyl (C=O) groups excluding carboxylic acids is 1. The van der Waals surface area contributed by atoms with Gasteiger partial charge in [0, 0.05) is 6.42 Å². The minimum absolute atomic E-state index is 0.0332. The Morgan fingerprint density at radius 2 is 2.19 bits per heavy atom. The number of hydrogen-bond donors (Lipinski definition) is 2. The molecule has 0 radical (unpaired) electrons. The van der Waals surface area contributed by atoms with Crippen molar-refractivity contribution in [1.29, 1.82) is 0 Å². The number of hydrogen-bond acceptors (Lipinski definition) is 3. The molecule has 16 heavy (non-hydrogen) atoms. The topological polar surface area (TPSA) is 70.7 Å². The molecule has 1 amide bonds. The Morgan fingerprint density at radius 1 is 1.44 bits per heavy atom. The van der Waals surface area contributed by atoms with E-state index >= 15 is 0 Å². The third-order valence-corrected chi connectivity index (χ3v) is 3.05. The van der Waals surface area contributed by atoms with Crippen molar-refractivity contribution in [2.45, 2.75) is 45.4 Å². The number of carbonyl (C=O) groups is 1. The van der Waals surface area contributed by atoms with Crippen molar-refractivity contribution in [2.24, 2.45) is 5.92 Å². The van der Waals surface area contributed by atoms with E-state index in [2.05, 4.69) is 20.5 Å².